The van der Waals surface area contributed by atoms with Gasteiger partial charge >= 0.3 is 0 Å². The highest BCUT2D eigenvalue weighted by Crippen LogP contribution is 2.25. The molecule has 29 heavy (non-hydrogen) atoms. The van der Waals surface area contributed by atoms with Gasteiger partial charge < -0.3 is 25.9 Å². The molecular formula is C20H22N6O3. The van der Waals surface area contributed by atoms with Gasteiger partial charge in [0.2, 0.25) is 0 Å². The third kappa shape index (κ3) is 3.40. The van der Waals surface area contributed by atoms with E-state index in [0.717, 1.165) is 25.9 Å². The van der Waals surface area contributed by atoms with Crippen molar-refractivity contribution in [3.63, 3.8) is 0 Å². The molecule has 3 aromatic rings. The number of aldehydes is 1. The minimum absolute atomic E-state index is 0.122. The minimum Gasteiger partial charge on any atom is -0.398 e. The summed E-state index contributed by atoms with van der Waals surface area (Å²) in [4.78, 5) is 48.7. The fourth-order valence-electron chi connectivity index (χ4n) is 3.76. The molecule has 0 saturated carbocycles. The fraction of sp³-hybridized carbons (Fsp3) is 0.300. The molecule has 2 aromatic heterocycles. The van der Waals surface area contributed by atoms with Gasteiger partial charge in [0.05, 0.1) is 16.6 Å². The van der Waals surface area contributed by atoms with Crippen LogP contribution in [0.15, 0.2) is 29.2 Å². The highest BCUT2D eigenvalue weighted by Gasteiger charge is 2.25. The first kappa shape index (κ1) is 18.9. The monoisotopic (exact) mass is 394 g/mol. The van der Waals surface area contributed by atoms with Crippen molar-refractivity contribution in [3.8, 4) is 11.4 Å². The summed E-state index contributed by atoms with van der Waals surface area (Å²) in [6.07, 6.45) is 3.85. The quantitative estimate of drug-likeness (QED) is 0.490. The van der Waals surface area contributed by atoms with E-state index in [9.17, 15) is 14.4 Å². The molecule has 1 fully saturated rings. The zero-order chi connectivity index (χ0) is 20.5. The number of nitrogen functional groups attached to an aromatic ring is 1. The molecule has 3 heterocycles. The number of nitrogens with zero attached hydrogens (tertiary/aromatic N) is 2. The van der Waals surface area contributed by atoms with Crippen LogP contribution in [0.1, 0.15) is 33.6 Å². The Kier molecular flexibility index (Phi) is 4.89. The number of pyridine rings is 1. The van der Waals surface area contributed by atoms with Crippen molar-refractivity contribution in [1.29, 1.82) is 0 Å². The molecule has 9 heteroatoms. The third-order valence-corrected chi connectivity index (χ3v) is 5.42. The van der Waals surface area contributed by atoms with Gasteiger partial charge in [-0.3, -0.25) is 14.4 Å². The number of carbonyl (C=O) groups is 2. The number of piperidine rings is 1. The van der Waals surface area contributed by atoms with Gasteiger partial charge in [0.15, 0.2) is 6.29 Å². The van der Waals surface area contributed by atoms with Crippen LogP contribution >= 0.6 is 0 Å². The lowest BCUT2D eigenvalue weighted by atomic mass is 10.0. The van der Waals surface area contributed by atoms with Crippen molar-refractivity contribution in [1.82, 2.24) is 25.2 Å². The largest absolute Gasteiger partial charge is 0.398 e. The number of H-pyrrole nitrogens is 2. The molecule has 150 valence electrons. The lowest BCUT2D eigenvalue weighted by Gasteiger charge is -2.32. The zero-order valence-electron chi connectivity index (χ0n) is 16.0. The predicted molar refractivity (Wildman–Crippen MR) is 110 cm³/mol. The second kappa shape index (κ2) is 7.51. The second-order valence-electron chi connectivity index (χ2n) is 7.19. The maximum atomic E-state index is 13.1. The summed E-state index contributed by atoms with van der Waals surface area (Å²) in [5.41, 5.74) is 7.65. The summed E-state index contributed by atoms with van der Waals surface area (Å²) >= 11 is 0. The number of nitrogens with two attached hydrogens (primary N) is 1. The van der Waals surface area contributed by atoms with E-state index in [4.69, 9.17) is 5.73 Å². The topological polar surface area (TPSA) is 137 Å². The summed E-state index contributed by atoms with van der Waals surface area (Å²) in [7, 11) is 1.76. The zero-order valence-corrected chi connectivity index (χ0v) is 16.0. The molecule has 0 radical (unpaired) electrons. The normalized spacial score (nSPS) is 14.8. The Labute approximate surface area is 166 Å². The predicted octanol–water partition coefficient (Wildman–Crippen LogP) is 1.14. The molecule has 0 spiro atoms. The van der Waals surface area contributed by atoms with Gasteiger partial charge in [0.25, 0.3) is 11.5 Å². The molecule has 1 aromatic carbocycles. The van der Waals surface area contributed by atoms with E-state index in [1.165, 1.54) is 6.20 Å². The average Bonchev–Trinajstić information content (AvgIpc) is 3.14. The van der Waals surface area contributed by atoms with Gasteiger partial charge in [-0.25, -0.2) is 4.98 Å². The van der Waals surface area contributed by atoms with Crippen molar-refractivity contribution in [2.24, 2.45) is 0 Å². The number of nitrogens with one attached hydrogen (secondary N) is 3. The van der Waals surface area contributed by atoms with Gasteiger partial charge in [0.1, 0.15) is 11.4 Å². The number of hydrogen-bond acceptors (Lipinski definition) is 6. The van der Waals surface area contributed by atoms with E-state index < -0.39 is 0 Å². The van der Waals surface area contributed by atoms with Crippen molar-refractivity contribution >= 4 is 28.9 Å². The average molecular weight is 394 g/mol. The molecule has 4 rings (SSSR count). The van der Waals surface area contributed by atoms with E-state index in [1.807, 2.05) is 0 Å². The smallest absolute Gasteiger partial charge is 0.261 e. The fourth-order valence-corrected chi connectivity index (χ4v) is 3.76. The molecule has 5 N–H and O–H groups in total. The Hall–Kier alpha value is -3.46. The SMILES string of the molecule is CN(C(=O)c1cc2nc(-c3c(N)cc[nH]c3=O)[nH]c2cc1C=O)C1CCNCC1. The Morgan fingerprint density at radius 1 is 1.31 bits per heavy atom. The summed E-state index contributed by atoms with van der Waals surface area (Å²) in [5, 5.41) is 3.28. The molecule has 0 unspecified atom stereocenters. The Morgan fingerprint density at radius 3 is 2.76 bits per heavy atom. The number of aromatic nitrogens is 3. The van der Waals surface area contributed by atoms with Crippen LogP contribution in [0.25, 0.3) is 22.4 Å². The Morgan fingerprint density at radius 2 is 2.07 bits per heavy atom. The van der Waals surface area contributed by atoms with E-state index >= 15 is 0 Å². The molecule has 0 atom stereocenters. The summed E-state index contributed by atoms with van der Waals surface area (Å²) < 4.78 is 0. The lowest BCUT2D eigenvalue weighted by Crippen LogP contribution is -2.44. The number of fused-ring (bicyclic) bond motifs is 1. The number of carbonyl (C=O) groups excluding carboxylic acids is 2. The second-order valence-corrected chi connectivity index (χ2v) is 7.19. The number of anilines is 1. The van der Waals surface area contributed by atoms with E-state index in [-0.39, 0.29) is 40.1 Å². The molecule has 1 saturated heterocycles. The van der Waals surface area contributed by atoms with E-state index in [2.05, 4.69) is 20.3 Å². The van der Waals surface area contributed by atoms with Crippen LogP contribution in [0, 0.1) is 0 Å². The highest BCUT2D eigenvalue weighted by molar-refractivity contribution is 6.05. The maximum Gasteiger partial charge on any atom is 0.261 e. The number of aromatic amines is 2. The van der Waals surface area contributed by atoms with Crippen molar-refractivity contribution in [2.45, 2.75) is 18.9 Å². The number of benzene rings is 1. The minimum atomic E-state index is -0.374. The van der Waals surface area contributed by atoms with Gasteiger partial charge in [-0.05, 0) is 44.1 Å². The molecule has 1 aliphatic rings. The molecule has 9 nitrogen and oxygen atoms in total. The van der Waals surface area contributed by atoms with Crippen LogP contribution in [-0.4, -0.2) is 58.2 Å². The number of amides is 1. The van der Waals surface area contributed by atoms with Gasteiger partial charge in [0, 0.05) is 30.5 Å². The van der Waals surface area contributed by atoms with Crippen LogP contribution < -0.4 is 16.6 Å². The first-order valence-corrected chi connectivity index (χ1v) is 9.44. The van der Waals surface area contributed by atoms with Crippen LogP contribution in [-0.2, 0) is 0 Å². The van der Waals surface area contributed by atoms with Gasteiger partial charge in [-0.1, -0.05) is 0 Å². The van der Waals surface area contributed by atoms with Crippen LogP contribution in [0.2, 0.25) is 0 Å². The molecular weight excluding hydrogens is 372 g/mol. The lowest BCUT2D eigenvalue weighted by molar-refractivity contribution is 0.0701. The summed E-state index contributed by atoms with van der Waals surface area (Å²) in [6, 6.07) is 4.86. The molecule has 1 aliphatic heterocycles. The van der Waals surface area contributed by atoms with Crippen molar-refractivity contribution < 1.29 is 9.59 Å². The molecule has 0 bridgehead atoms. The number of hydrogen-bond donors (Lipinski definition) is 4. The molecule has 1 amide bonds. The first-order valence-electron chi connectivity index (χ1n) is 9.44. The third-order valence-electron chi connectivity index (χ3n) is 5.42. The van der Waals surface area contributed by atoms with Crippen molar-refractivity contribution in [3.05, 3.63) is 45.9 Å². The summed E-state index contributed by atoms with van der Waals surface area (Å²) in [6.45, 7) is 1.72. The first-order chi connectivity index (χ1) is 14.0. The standard InChI is InChI=1S/C20H22N6O3/c1-26(12-2-5-22-6-3-12)20(29)13-9-16-15(8-11(13)10-27)24-18(25-16)17-14(21)4-7-23-19(17)28/h4,7-10,12,22H,2-3,5-6H2,1H3,(H,24,25)(H3,21,23,28). The summed E-state index contributed by atoms with van der Waals surface area (Å²) in [5.74, 6) is 0.0648. The van der Waals surface area contributed by atoms with Crippen LogP contribution in [0.4, 0.5) is 5.69 Å². The van der Waals surface area contributed by atoms with Crippen LogP contribution in [0.5, 0.6) is 0 Å². The number of imidazole rings is 1. The van der Waals surface area contributed by atoms with E-state index in [1.54, 1.807) is 30.1 Å². The van der Waals surface area contributed by atoms with Gasteiger partial charge in [-0.15, -0.1) is 0 Å². The highest BCUT2D eigenvalue weighted by atomic mass is 16.2. The Balaban J connectivity index is 1.76. The van der Waals surface area contributed by atoms with E-state index in [0.29, 0.717) is 22.9 Å². The van der Waals surface area contributed by atoms with Crippen molar-refractivity contribution in [2.75, 3.05) is 25.9 Å². The van der Waals surface area contributed by atoms with Crippen LogP contribution in [0.3, 0.4) is 0 Å². The maximum absolute atomic E-state index is 13.1. The Bertz CT molecular complexity index is 1140. The number of rotatable bonds is 4. The van der Waals surface area contributed by atoms with Gasteiger partial charge in [-0.2, -0.15) is 0 Å². The molecule has 0 aliphatic carbocycles.